The Morgan fingerprint density at radius 2 is 2.31 bits per heavy atom. The zero-order valence-corrected chi connectivity index (χ0v) is 10.9. The summed E-state index contributed by atoms with van der Waals surface area (Å²) in [7, 11) is 0. The van der Waals surface area contributed by atoms with Crippen LogP contribution in [-0.4, -0.2) is 33.0 Å². The highest BCUT2D eigenvalue weighted by Gasteiger charge is 2.56. The first-order chi connectivity index (χ1) is 7.54. The van der Waals surface area contributed by atoms with Crippen LogP contribution in [0.5, 0.6) is 0 Å². The third-order valence-electron chi connectivity index (χ3n) is 3.68. The molecule has 0 spiro atoms. The van der Waals surface area contributed by atoms with Crippen LogP contribution in [0.4, 0.5) is 0 Å². The summed E-state index contributed by atoms with van der Waals surface area (Å²) in [5.74, 6) is 0.182. The number of quaternary nitrogens is 1. The van der Waals surface area contributed by atoms with Gasteiger partial charge in [-0.05, 0) is 12.8 Å². The fraction of sp³-hybridized carbons (Fsp3) is 0.778. The summed E-state index contributed by atoms with van der Waals surface area (Å²) >= 11 is 13.7. The van der Waals surface area contributed by atoms with Crippen LogP contribution < -0.4 is 0 Å². The van der Waals surface area contributed by atoms with Gasteiger partial charge in [0.25, 0.3) is 0 Å². The smallest absolute Gasteiger partial charge is 0.168 e. The molecular formula is C9H11Cl2N3OS. The van der Waals surface area contributed by atoms with E-state index in [1.54, 1.807) is 0 Å². The third-order valence-corrected chi connectivity index (χ3v) is 5.18. The number of nitrogens with zero attached hydrogens (tertiary/aromatic N) is 3. The average molecular weight is 280 g/mol. The van der Waals surface area contributed by atoms with Crippen LogP contribution in [0.1, 0.15) is 18.5 Å². The number of aromatic nitrogens is 2. The molecule has 4 nitrogen and oxygen atoms in total. The largest absolute Gasteiger partial charge is 0.633 e. The van der Waals surface area contributed by atoms with Crippen LogP contribution in [0.15, 0.2) is 0 Å². The molecule has 88 valence electrons. The Morgan fingerprint density at radius 3 is 2.94 bits per heavy atom. The first-order valence-corrected chi connectivity index (χ1v) is 6.77. The maximum absolute atomic E-state index is 12.3. The summed E-state index contributed by atoms with van der Waals surface area (Å²) in [5.41, 5.74) is 0.614. The summed E-state index contributed by atoms with van der Waals surface area (Å²) in [4.78, 5) is -0.692. The molecule has 2 aliphatic heterocycles. The molecule has 0 amide bonds. The fourth-order valence-corrected chi connectivity index (χ4v) is 4.48. The van der Waals surface area contributed by atoms with E-state index in [9.17, 15) is 5.21 Å². The average Bonchev–Trinajstić information content (AvgIpc) is 2.70. The van der Waals surface area contributed by atoms with Crippen molar-refractivity contribution in [3.8, 4) is 0 Å². The minimum absolute atomic E-state index is 0.182. The predicted molar refractivity (Wildman–Crippen MR) is 63.4 cm³/mol. The van der Waals surface area contributed by atoms with E-state index in [1.807, 2.05) is 0 Å². The molecule has 0 saturated carbocycles. The first-order valence-electron chi connectivity index (χ1n) is 5.28. The molecule has 3 heterocycles. The van der Waals surface area contributed by atoms with Crippen LogP contribution in [0.25, 0.3) is 0 Å². The van der Waals surface area contributed by atoms with Gasteiger partial charge in [0.15, 0.2) is 5.15 Å². The molecular weight excluding hydrogens is 269 g/mol. The summed E-state index contributed by atoms with van der Waals surface area (Å²) in [6.45, 7) is 1.64. The van der Waals surface area contributed by atoms with Crippen LogP contribution in [-0.2, 0) is 4.87 Å². The molecule has 0 N–H and O–H groups in total. The summed E-state index contributed by atoms with van der Waals surface area (Å²) in [6.07, 6.45) is 1.93. The SMILES string of the molecule is [O-][N+]12CCCC(C1)C(Cl)(c1nsnc1Cl)C2. The van der Waals surface area contributed by atoms with E-state index in [0.29, 0.717) is 30.5 Å². The second kappa shape index (κ2) is 3.53. The molecule has 3 atom stereocenters. The molecule has 0 aromatic carbocycles. The number of hydroxylamine groups is 3. The number of halogens is 2. The number of fused-ring (bicyclic) bond motifs is 2. The standard InChI is InChI=1S/C9H11Cl2N3OS/c10-8-7(12-16-13-8)9(11)5-14(15)3-1-2-6(9)4-14/h6H,1-5H2. The second-order valence-corrected chi connectivity index (χ2v) is 6.29. The van der Waals surface area contributed by atoms with Gasteiger partial charge in [0.05, 0.1) is 24.8 Å². The number of hydrogen-bond donors (Lipinski definition) is 0. The van der Waals surface area contributed by atoms with Crippen molar-refractivity contribution in [3.63, 3.8) is 0 Å². The molecule has 2 saturated heterocycles. The monoisotopic (exact) mass is 279 g/mol. The number of rotatable bonds is 1. The van der Waals surface area contributed by atoms with Crippen molar-refractivity contribution in [1.82, 2.24) is 8.75 Å². The van der Waals surface area contributed by atoms with Gasteiger partial charge in [0.2, 0.25) is 0 Å². The number of alkyl halides is 1. The van der Waals surface area contributed by atoms with Gasteiger partial charge in [0.1, 0.15) is 17.1 Å². The van der Waals surface area contributed by atoms with Gasteiger partial charge in [-0.2, -0.15) is 8.75 Å². The Bertz CT molecular complexity index is 429. The van der Waals surface area contributed by atoms with Crippen molar-refractivity contribution in [2.24, 2.45) is 5.92 Å². The highest BCUT2D eigenvalue weighted by molar-refractivity contribution is 6.99. The predicted octanol–water partition coefficient (Wildman–Crippen LogP) is 2.36. The van der Waals surface area contributed by atoms with Crippen LogP contribution in [0, 0.1) is 11.1 Å². The van der Waals surface area contributed by atoms with Gasteiger partial charge >= 0.3 is 0 Å². The van der Waals surface area contributed by atoms with Crippen LogP contribution in [0.3, 0.4) is 0 Å². The lowest BCUT2D eigenvalue weighted by atomic mass is 9.88. The van der Waals surface area contributed by atoms with Crippen LogP contribution in [0.2, 0.25) is 5.15 Å². The molecule has 2 aliphatic rings. The van der Waals surface area contributed by atoms with Crippen molar-refractivity contribution in [1.29, 1.82) is 0 Å². The molecule has 2 bridgehead atoms. The molecule has 1 aromatic rings. The lowest BCUT2D eigenvalue weighted by Gasteiger charge is -2.41. The topological polar surface area (TPSA) is 48.8 Å². The molecule has 7 heteroatoms. The van der Waals surface area contributed by atoms with E-state index in [0.717, 1.165) is 24.6 Å². The van der Waals surface area contributed by atoms with Crippen molar-refractivity contribution in [2.45, 2.75) is 17.7 Å². The Balaban J connectivity index is 2.03. The number of piperidine rings is 1. The van der Waals surface area contributed by atoms with E-state index < -0.39 is 4.87 Å². The third kappa shape index (κ3) is 1.49. The van der Waals surface area contributed by atoms with Crippen molar-refractivity contribution in [3.05, 3.63) is 16.1 Å². The number of hydrogen-bond acceptors (Lipinski definition) is 4. The zero-order chi connectivity index (χ0) is 11.4. The summed E-state index contributed by atoms with van der Waals surface area (Å²) in [6, 6.07) is 0. The molecule has 0 aliphatic carbocycles. The van der Waals surface area contributed by atoms with Crippen molar-refractivity contribution >= 4 is 34.9 Å². The zero-order valence-electron chi connectivity index (χ0n) is 8.53. The Labute approximate surface area is 108 Å². The lowest BCUT2D eigenvalue weighted by molar-refractivity contribution is -0.874. The molecule has 3 unspecified atom stereocenters. The summed E-state index contributed by atoms with van der Waals surface area (Å²) < 4.78 is 7.93. The Kier molecular flexibility index (Phi) is 2.46. The molecule has 16 heavy (non-hydrogen) atoms. The van der Waals surface area contributed by atoms with Crippen molar-refractivity contribution in [2.75, 3.05) is 19.6 Å². The fourth-order valence-electron chi connectivity index (χ4n) is 2.97. The van der Waals surface area contributed by atoms with Gasteiger partial charge in [-0.1, -0.05) is 11.6 Å². The second-order valence-electron chi connectivity index (χ2n) is 4.73. The van der Waals surface area contributed by atoms with Gasteiger partial charge in [-0.25, -0.2) is 0 Å². The maximum atomic E-state index is 12.3. The van der Waals surface area contributed by atoms with Crippen LogP contribution >= 0.6 is 34.9 Å². The van der Waals surface area contributed by atoms with E-state index in [1.165, 1.54) is 0 Å². The molecule has 3 rings (SSSR count). The molecule has 2 fully saturated rings. The lowest BCUT2D eigenvalue weighted by Crippen LogP contribution is -2.43. The summed E-state index contributed by atoms with van der Waals surface area (Å²) in [5, 5.41) is 12.7. The minimum Gasteiger partial charge on any atom is -0.633 e. The highest BCUT2D eigenvalue weighted by atomic mass is 35.5. The highest BCUT2D eigenvalue weighted by Crippen LogP contribution is 2.51. The van der Waals surface area contributed by atoms with Crippen molar-refractivity contribution < 1.29 is 4.65 Å². The van der Waals surface area contributed by atoms with Gasteiger partial charge in [-0.3, -0.25) is 0 Å². The Morgan fingerprint density at radius 1 is 1.50 bits per heavy atom. The minimum atomic E-state index is -0.692. The normalized spacial score (nSPS) is 42.6. The van der Waals surface area contributed by atoms with E-state index in [-0.39, 0.29) is 10.6 Å². The Hall–Kier alpha value is 0.0600. The van der Waals surface area contributed by atoms with E-state index in [4.69, 9.17) is 23.2 Å². The molecule has 1 aromatic heterocycles. The first kappa shape index (κ1) is 11.2. The maximum Gasteiger partial charge on any atom is 0.168 e. The molecule has 0 radical (unpaired) electrons. The quantitative estimate of drug-likeness (QED) is 0.451. The van der Waals surface area contributed by atoms with E-state index >= 15 is 0 Å². The van der Waals surface area contributed by atoms with Gasteiger partial charge in [0, 0.05) is 5.92 Å². The van der Waals surface area contributed by atoms with Gasteiger partial charge in [-0.15, -0.1) is 11.6 Å². The van der Waals surface area contributed by atoms with Gasteiger partial charge < -0.3 is 9.85 Å². The van der Waals surface area contributed by atoms with E-state index in [2.05, 4.69) is 8.75 Å².